The summed E-state index contributed by atoms with van der Waals surface area (Å²) in [6.07, 6.45) is -0.125. The molecule has 2 aliphatic heterocycles. The number of amides is 1. The first-order chi connectivity index (χ1) is 7.37. The summed E-state index contributed by atoms with van der Waals surface area (Å²) in [5.41, 5.74) is -0.516. The second-order valence-electron chi connectivity index (χ2n) is 5.28. The van der Waals surface area contributed by atoms with Crippen LogP contribution in [0.1, 0.15) is 33.6 Å². The third-order valence-corrected chi connectivity index (χ3v) is 2.65. The van der Waals surface area contributed by atoms with E-state index in [1.165, 1.54) is 0 Å². The molecule has 0 aromatic carbocycles. The Bertz CT molecular complexity index is 304. The maximum absolute atomic E-state index is 11.9. The smallest absolute Gasteiger partial charge is 0.412 e. The molecule has 5 nitrogen and oxygen atoms in total. The summed E-state index contributed by atoms with van der Waals surface area (Å²) in [5.74, 6) is 0.160. The second kappa shape index (κ2) is 3.73. The van der Waals surface area contributed by atoms with Crippen molar-refractivity contribution in [2.75, 3.05) is 6.61 Å². The number of ether oxygens (including phenoxy) is 2. The molecule has 0 N–H and O–H groups in total. The van der Waals surface area contributed by atoms with Crippen molar-refractivity contribution < 1.29 is 19.1 Å². The number of carbonyl (C=O) groups excluding carboxylic acids is 2. The lowest BCUT2D eigenvalue weighted by molar-refractivity contribution is -0.126. The molecular weight excluding hydrogens is 210 g/mol. The van der Waals surface area contributed by atoms with E-state index in [1.807, 2.05) is 20.8 Å². The van der Waals surface area contributed by atoms with Crippen LogP contribution in [0.15, 0.2) is 0 Å². The Kier molecular flexibility index (Phi) is 2.66. The zero-order valence-electron chi connectivity index (χ0n) is 9.86. The molecule has 2 atom stereocenters. The van der Waals surface area contributed by atoms with Gasteiger partial charge in [-0.05, 0) is 20.8 Å². The van der Waals surface area contributed by atoms with Crippen LogP contribution in [0.2, 0.25) is 0 Å². The van der Waals surface area contributed by atoms with Crippen molar-refractivity contribution in [3.63, 3.8) is 0 Å². The van der Waals surface area contributed by atoms with Gasteiger partial charge in [-0.25, -0.2) is 4.79 Å². The maximum Gasteiger partial charge on any atom is 0.412 e. The lowest BCUT2D eigenvalue weighted by atomic mass is 10.0. The van der Waals surface area contributed by atoms with Crippen molar-refractivity contribution >= 4 is 11.9 Å². The van der Waals surface area contributed by atoms with Crippen molar-refractivity contribution in [1.82, 2.24) is 4.90 Å². The molecule has 2 aliphatic rings. The first kappa shape index (κ1) is 11.4. The third-order valence-electron chi connectivity index (χ3n) is 2.65. The van der Waals surface area contributed by atoms with Gasteiger partial charge in [0.05, 0.1) is 19.1 Å². The molecule has 1 amide bonds. The van der Waals surface area contributed by atoms with E-state index in [-0.39, 0.29) is 24.3 Å². The van der Waals surface area contributed by atoms with Crippen LogP contribution in [-0.4, -0.2) is 41.3 Å². The molecule has 0 spiro atoms. The van der Waals surface area contributed by atoms with Crippen LogP contribution in [0, 0.1) is 0 Å². The lowest BCUT2D eigenvalue weighted by Gasteiger charge is -2.33. The van der Waals surface area contributed by atoms with Crippen molar-refractivity contribution in [3.8, 4) is 0 Å². The molecule has 0 aromatic heterocycles. The highest BCUT2D eigenvalue weighted by atomic mass is 16.6. The minimum absolute atomic E-state index is 0.138. The number of carbonyl (C=O) groups is 2. The fraction of sp³-hybridized carbons (Fsp3) is 0.818. The van der Waals surface area contributed by atoms with Gasteiger partial charge in [0.1, 0.15) is 17.6 Å². The van der Waals surface area contributed by atoms with Gasteiger partial charge in [-0.1, -0.05) is 0 Å². The summed E-state index contributed by atoms with van der Waals surface area (Å²) in [4.78, 5) is 24.8. The van der Waals surface area contributed by atoms with Crippen LogP contribution in [-0.2, 0) is 14.3 Å². The van der Waals surface area contributed by atoms with E-state index in [4.69, 9.17) is 9.47 Å². The maximum atomic E-state index is 11.9. The summed E-state index contributed by atoms with van der Waals surface area (Å²) in [6.45, 7) is 5.91. The average Bonchev–Trinajstić information content (AvgIpc) is 2.36. The summed E-state index contributed by atoms with van der Waals surface area (Å²) >= 11 is 0. The van der Waals surface area contributed by atoms with Crippen LogP contribution >= 0.6 is 0 Å². The van der Waals surface area contributed by atoms with Gasteiger partial charge in [0.2, 0.25) is 0 Å². The Labute approximate surface area is 94.7 Å². The summed E-state index contributed by atoms with van der Waals surface area (Å²) in [6, 6.07) is -0.138. The third kappa shape index (κ3) is 2.19. The normalized spacial score (nSPS) is 29.4. The van der Waals surface area contributed by atoms with E-state index in [9.17, 15) is 9.59 Å². The van der Waals surface area contributed by atoms with Gasteiger partial charge >= 0.3 is 6.09 Å². The molecule has 0 aliphatic carbocycles. The molecule has 0 radical (unpaired) electrons. The predicted molar refractivity (Wildman–Crippen MR) is 55.8 cm³/mol. The topological polar surface area (TPSA) is 55.8 Å². The number of piperidine rings is 1. The highest BCUT2D eigenvalue weighted by molar-refractivity contribution is 5.83. The Morgan fingerprint density at radius 3 is 2.69 bits per heavy atom. The Hall–Kier alpha value is -1.10. The van der Waals surface area contributed by atoms with E-state index >= 15 is 0 Å². The predicted octanol–water partition coefficient (Wildman–Crippen LogP) is 1.31. The lowest BCUT2D eigenvalue weighted by Crippen LogP contribution is -2.49. The van der Waals surface area contributed by atoms with Crippen molar-refractivity contribution in [2.45, 2.75) is 51.5 Å². The number of Topliss-reactive ketones (excluding diaryl/α,β-unsaturated/α-hetero) is 1. The van der Waals surface area contributed by atoms with Gasteiger partial charge in [0.25, 0.3) is 0 Å². The molecule has 5 heteroatoms. The number of hydrogen-bond acceptors (Lipinski definition) is 4. The van der Waals surface area contributed by atoms with Crippen molar-refractivity contribution in [1.29, 1.82) is 0 Å². The highest BCUT2D eigenvalue weighted by Crippen LogP contribution is 2.29. The van der Waals surface area contributed by atoms with Crippen LogP contribution in [0.3, 0.4) is 0 Å². The number of nitrogens with zero attached hydrogens (tertiary/aromatic N) is 1. The van der Waals surface area contributed by atoms with E-state index in [0.29, 0.717) is 13.0 Å². The molecule has 2 saturated heterocycles. The number of ketones is 1. The minimum atomic E-state index is -0.516. The molecule has 2 unspecified atom stereocenters. The van der Waals surface area contributed by atoms with Gasteiger partial charge in [-0.3, -0.25) is 9.69 Å². The van der Waals surface area contributed by atoms with Crippen LogP contribution < -0.4 is 0 Å². The fourth-order valence-electron chi connectivity index (χ4n) is 2.05. The Balaban J connectivity index is 2.06. The second-order valence-corrected chi connectivity index (χ2v) is 5.28. The SMILES string of the molecule is CC(C)(C)OC(=O)N1C2COC1CC(=O)C2. The summed E-state index contributed by atoms with van der Waals surface area (Å²) < 4.78 is 10.7. The fourth-order valence-corrected chi connectivity index (χ4v) is 2.05. The standard InChI is InChI=1S/C11H17NO4/c1-11(2,3)16-10(14)12-7-4-8(13)5-9(12)15-6-7/h7,9H,4-6H2,1-3H3. The van der Waals surface area contributed by atoms with Crippen LogP contribution in [0.4, 0.5) is 4.79 Å². The zero-order chi connectivity index (χ0) is 11.9. The quantitative estimate of drug-likeness (QED) is 0.626. The molecule has 2 bridgehead atoms. The number of rotatable bonds is 0. The van der Waals surface area contributed by atoms with Gasteiger partial charge < -0.3 is 9.47 Å². The molecule has 16 heavy (non-hydrogen) atoms. The zero-order valence-corrected chi connectivity index (χ0v) is 9.86. The first-order valence-corrected chi connectivity index (χ1v) is 5.51. The number of hydrogen-bond donors (Lipinski definition) is 0. The highest BCUT2D eigenvalue weighted by Gasteiger charge is 2.45. The average molecular weight is 227 g/mol. The molecule has 2 fully saturated rings. The summed E-state index contributed by atoms with van der Waals surface area (Å²) in [7, 11) is 0. The molecule has 0 saturated carbocycles. The Morgan fingerprint density at radius 2 is 2.12 bits per heavy atom. The van der Waals surface area contributed by atoms with E-state index in [1.54, 1.807) is 4.90 Å². The van der Waals surface area contributed by atoms with Gasteiger partial charge in [-0.2, -0.15) is 0 Å². The van der Waals surface area contributed by atoms with Crippen molar-refractivity contribution in [2.24, 2.45) is 0 Å². The molecule has 2 rings (SSSR count). The van der Waals surface area contributed by atoms with Crippen LogP contribution in [0.25, 0.3) is 0 Å². The van der Waals surface area contributed by atoms with Crippen LogP contribution in [0.5, 0.6) is 0 Å². The molecule has 90 valence electrons. The molecule has 0 aromatic rings. The summed E-state index contributed by atoms with van der Waals surface area (Å²) in [5, 5.41) is 0. The number of fused-ring (bicyclic) bond motifs is 2. The molecular formula is C11H17NO4. The van der Waals surface area contributed by atoms with Gasteiger partial charge in [0.15, 0.2) is 0 Å². The minimum Gasteiger partial charge on any atom is -0.444 e. The van der Waals surface area contributed by atoms with E-state index < -0.39 is 11.8 Å². The van der Waals surface area contributed by atoms with E-state index in [2.05, 4.69) is 0 Å². The monoisotopic (exact) mass is 227 g/mol. The van der Waals surface area contributed by atoms with Crippen molar-refractivity contribution in [3.05, 3.63) is 0 Å². The Morgan fingerprint density at radius 1 is 1.44 bits per heavy atom. The van der Waals surface area contributed by atoms with E-state index in [0.717, 1.165) is 0 Å². The van der Waals surface area contributed by atoms with Gasteiger partial charge in [-0.15, -0.1) is 0 Å². The van der Waals surface area contributed by atoms with Gasteiger partial charge in [0, 0.05) is 6.42 Å². The first-order valence-electron chi connectivity index (χ1n) is 5.51. The largest absolute Gasteiger partial charge is 0.444 e. The molecule has 2 heterocycles.